The molecule has 33 heavy (non-hydrogen) atoms. The Morgan fingerprint density at radius 1 is 0.394 bits per heavy atom. The Hall–Kier alpha value is -2.12. The number of carbonyl (C=O) groups excluding carboxylic acids is 4. The Bertz CT molecular complexity index is 486. The van der Waals surface area contributed by atoms with Crippen molar-refractivity contribution < 1.29 is 38.1 Å². The van der Waals surface area contributed by atoms with Crippen LogP contribution in [-0.4, -0.2) is 37.5 Å². The SMILES string of the molecule is CCCCCC(=O)OCOC(=O)CCCCCCCCCC(=O)OCOC(=O)CCCCC. The first-order chi connectivity index (χ1) is 16.0. The van der Waals surface area contributed by atoms with E-state index in [4.69, 9.17) is 18.9 Å². The number of ether oxygens (including phenoxy) is 4. The molecule has 0 aliphatic rings. The summed E-state index contributed by atoms with van der Waals surface area (Å²) in [5.74, 6) is -1.35. The third kappa shape index (κ3) is 22.9. The van der Waals surface area contributed by atoms with E-state index in [1.54, 1.807) is 0 Å². The molecule has 0 amide bonds. The molecule has 0 aliphatic heterocycles. The summed E-state index contributed by atoms with van der Waals surface area (Å²) in [6.07, 6.45) is 13.4. The third-order valence-corrected chi connectivity index (χ3v) is 5.11. The van der Waals surface area contributed by atoms with Crippen LogP contribution in [0.5, 0.6) is 0 Å². The van der Waals surface area contributed by atoms with Crippen molar-refractivity contribution in [2.24, 2.45) is 0 Å². The number of unbranched alkanes of at least 4 members (excludes halogenated alkanes) is 10. The lowest BCUT2D eigenvalue weighted by Crippen LogP contribution is -2.12. The van der Waals surface area contributed by atoms with Crippen molar-refractivity contribution in [1.82, 2.24) is 0 Å². The van der Waals surface area contributed by atoms with Gasteiger partial charge in [0.05, 0.1) is 0 Å². The quantitative estimate of drug-likeness (QED) is 0.111. The van der Waals surface area contributed by atoms with Crippen molar-refractivity contribution in [3.8, 4) is 0 Å². The number of rotatable bonds is 22. The molecule has 0 radical (unpaired) electrons. The predicted molar refractivity (Wildman–Crippen MR) is 124 cm³/mol. The summed E-state index contributed by atoms with van der Waals surface area (Å²) in [6.45, 7) is 3.53. The van der Waals surface area contributed by atoms with E-state index in [1.807, 2.05) is 0 Å². The van der Waals surface area contributed by atoms with Gasteiger partial charge in [-0.1, -0.05) is 71.6 Å². The zero-order valence-electron chi connectivity index (χ0n) is 20.7. The Labute approximate surface area is 199 Å². The van der Waals surface area contributed by atoms with Crippen molar-refractivity contribution >= 4 is 23.9 Å². The highest BCUT2D eigenvalue weighted by atomic mass is 16.7. The largest absolute Gasteiger partial charge is 0.428 e. The van der Waals surface area contributed by atoms with Gasteiger partial charge in [-0.25, -0.2) is 0 Å². The van der Waals surface area contributed by atoms with E-state index in [0.29, 0.717) is 25.7 Å². The second kappa shape index (κ2) is 23.1. The zero-order valence-corrected chi connectivity index (χ0v) is 20.7. The molecular formula is C25H44O8. The molecule has 0 unspecified atom stereocenters. The molecule has 8 heteroatoms. The molecule has 192 valence electrons. The van der Waals surface area contributed by atoms with Crippen LogP contribution in [0.25, 0.3) is 0 Å². The average molecular weight is 473 g/mol. The van der Waals surface area contributed by atoms with Gasteiger partial charge in [0.2, 0.25) is 13.6 Å². The highest BCUT2D eigenvalue weighted by Crippen LogP contribution is 2.11. The minimum Gasteiger partial charge on any atom is -0.428 e. The normalized spacial score (nSPS) is 10.5. The summed E-state index contributed by atoms with van der Waals surface area (Å²) >= 11 is 0. The van der Waals surface area contributed by atoms with Crippen molar-refractivity contribution in [3.05, 3.63) is 0 Å². The molecule has 0 aromatic rings. The highest BCUT2D eigenvalue weighted by molar-refractivity contribution is 5.71. The molecule has 0 fully saturated rings. The van der Waals surface area contributed by atoms with E-state index in [9.17, 15) is 19.2 Å². The Kier molecular flexibility index (Phi) is 21.6. The van der Waals surface area contributed by atoms with Crippen LogP contribution in [0.15, 0.2) is 0 Å². The molecule has 0 bridgehead atoms. The van der Waals surface area contributed by atoms with Crippen LogP contribution < -0.4 is 0 Å². The first-order valence-electron chi connectivity index (χ1n) is 12.6. The maximum absolute atomic E-state index is 11.6. The van der Waals surface area contributed by atoms with Crippen LogP contribution in [0.3, 0.4) is 0 Å². The first kappa shape index (κ1) is 30.9. The van der Waals surface area contributed by atoms with E-state index >= 15 is 0 Å². The fourth-order valence-corrected chi connectivity index (χ4v) is 3.07. The monoisotopic (exact) mass is 472 g/mol. The lowest BCUT2D eigenvalue weighted by molar-refractivity contribution is -0.169. The lowest BCUT2D eigenvalue weighted by atomic mass is 10.1. The Morgan fingerprint density at radius 2 is 0.636 bits per heavy atom. The number of esters is 4. The molecule has 0 saturated carbocycles. The second-order valence-corrected chi connectivity index (χ2v) is 8.19. The van der Waals surface area contributed by atoms with E-state index in [2.05, 4.69) is 13.8 Å². The topological polar surface area (TPSA) is 105 Å². The van der Waals surface area contributed by atoms with Crippen molar-refractivity contribution in [1.29, 1.82) is 0 Å². The number of hydrogen-bond acceptors (Lipinski definition) is 8. The van der Waals surface area contributed by atoms with Crippen molar-refractivity contribution in [2.75, 3.05) is 13.6 Å². The van der Waals surface area contributed by atoms with Gasteiger partial charge in [0.15, 0.2) is 0 Å². The maximum Gasteiger partial charge on any atom is 0.308 e. The third-order valence-electron chi connectivity index (χ3n) is 5.11. The molecule has 0 N–H and O–H groups in total. The van der Waals surface area contributed by atoms with Gasteiger partial charge in [-0.15, -0.1) is 0 Å². The van der Waals surface area contributed by atoms with Crippen LogP contribution in [0.4, 0.5) is 0 Å². The van der Waals surface area contributed by atoms with E-state index in [0.717, 1.165) is 83.5 Å². The molecule has 0 heterocycles. The molecule has 0 spiro atoms. The second-order valence-electron chi connectivity index (χ2n) is 8.19. The minimum absolute atomic E-state index is 0.298. The maximum atomic E-state index is 11.6. The molecule has 0 aliphatic carbocycles. The van der Waals surface area contributed by atoms with Gasteiger partial charge in [-0.3, -0.25) is 19.2 Å². The summed E-state index contributed by atoms with van der Waals surface area (Å²) in [4.78, 5) is 46.0. The summed E-state index contributed by atoms with van der Waals surface area (Å²) in [6, 6.07) is 0. The fourth-order valence-electron chi connectivity index (χ4n) is 3.07. The van der Waals surface area contributed by atoms with E-state index < -0.39 is 0 Å². The zero-order chi connectivity index (χ0) is 24.6. The molecule has 0 aromatic heterocycles. The Morgan fingerprint density at radius 3 is 0.909 bits per heavy atom. The van der Waals surface area contributed by atoms with Crippen LogP contribution in [0.2, 0.25) is 0 Å². The van der Waals surface area contributed by atoms with Gasteiger partial charge < -0.3 is 18.9 Å². The number of hydrogen-bond donors (Lipinski definition) is 0. The summed E-state index contributed by atoms with van der Waals surface area (Å²) in [5, 5.41) is 0. The molecular weight excluding hydrogens is 428 g/mol. The van der Waals surface area contributed by atoms with Crippen LogP contribution in [0, 0.1) is 0 Å². The summed E-state index contributed by atoms with van der Waals surface area (Å²) < 4.78 is 19.6. The standard InChI is InChI=1S/C25H44O8/c1-3-5-12-16-22(26)30-20-32-24(28)18-14-10-8-7-9-11-15-19-25(29)33-21-31-23(27)17-13-6-4-2/h3-21H2,1-2H3. The smallest absolute Gasteiger partial charge is 0.308 e. The number of carbonyl (C=O) groups is 4. The average Bonchev–Trinajstić information content (AvgIpc) is 2.78. The predicted octanol–water partition coefficient (Wildman–Crippen LogP) is 5.75. The van der Waals surface area contributed by atoms with Gasteiger partial charge in [-0.05, 0) is 25.7 Å². The van der Waals surface area contributed by atoms with Crippen LogP contribution in [-0.2, 0) is 38.1 Å². The van der Waals surface area contributed by atoms with Crippen molar-refractivity contribution in [3.63, 3.8) is 0 Å². The summed E-state index contributed by atoms with van der Waals surface area (Å²) in [5.41, 5.74) is 0. The molecule has 8 nitrogen and oxygen atoms in total. The molecule has 0 aromatic carbocycles. The molecule has 0 rings (SSSR count). The van der Waals surface area contributed by atoms with Gasteiger partial charge in [0, 0.05) is 25.7 Å². The van der Waals surface area contributed by atoms with Gasteiger partial charge in [0.25, 0.3) is 0 Å². The lowest BCUT2D eigenvalue weighted by Gasteiger charge is -2.07. The van der Waals surface area contributed by atoms with Gasteiger partial charge in [-0.2, -0.15) is 0 Å². The van der Waals surface area contributed by atoms with E-state index in [-0.39, 0.29) is 37.5 Å². The van der Waals surface area contributed by atoms with Gasteiger partial charge in [0.1, 0.15) is 0 Å². The highest BCUT2D eigenvalue weighted by Gasteiger charge is 2.07. The summed E-state index contributed by atoms with van der Waals surface area (Å²) in [7, 11) is 0. The van der Waals surface area contributed by atoms with Crippen LogP contribution in [0.1, 0.15) is 123 Å². The van der Waals surface area contributed by atoms with Crippen LogP contribution >= 0.6 is 0 Å². The van der Waals surface area contributed by atoms with Gasteiger partial charge >= 0.3 is 23.9 Å². The molecule has 0 atom stereocenters. The van der Waals surface area contributed by atoms with E-state index in [1.165, 1.54) is 0 Å². The minimum atomic E-state index is -0.346. The first-order valence-corrected chi connectivity index (χ1v) is 12.6. The van der Waals surface area contributed by atoms with Crippen molar-refractivity contribution in [2.45, 2.75) is 123 Å². The molecule has 0 saturated heterocycles. The Balaban J connectivity index is 3.41. The fraction of sp³-hybridized carbons (Fsp3) is 0.840.